The Morgan fingerprint density at radius 1 is 1.05 bits per heavy atom. The van der Waals surface area contributed by atoms with Crippen LogP contribution in [0.3, 0.4) is 0 Å². The van der Waals surface area contributed by atoms with E-state index in [9.17, 15) is 31.1 Å². The second-order valence-electron chi connectivity index (χ2n) is 10.6. The van der Waals surface area contributed by atoms with Gasteiger partial charge in [-0.3, -0.25) is 14.6 Å². The molecule has 3 aliphatic heterocycles. The van der Waals surface area contributed by atoms with Crippen molar-refractivity contribution in [3.63, 3.8) is 0 Å². The number of likely N-dealkylation sites (tertiary alicyclic amines) is 2. The van der Waals surface area contributed by atoms with Crippen molar-refractivity contribution >= 4 is 12.6 Å². The van der Waals surface area contributed by atoms with Crippen LogP contribution in [0.2, 0.25) is 0 Å². The van der Waals surface area contributed by atoms with Crippen molar-refractivity contribution in [3.8, 4) is 0 Å². The highest BCUT2D eigenvalue weighted by atomic mass is 19.4. The maximum absolute atomic E-state index is 12.8. The highest BCUT2D eigenvalue weighted by Crippen LogP contribution is 2.41. The van der Waals surface area contributed by atoms with E-state index in [0.29, 0.717) is 18.9 Å². The van der Waals surface area contributed by atoms with E-state index in [0.717, 1.165) is 50.3 Å². The van der Waals surface area contributed by atoms with Crippen LogP contribution in [0.1, 0.15) is 56.2 Å². The molecular formula is C26H35F6N3O4. The van der Waals surface area contributed by atoms with Crippen molar-refractivity contribution in [1.82, 2.24) is 14.7 Å². The topological polar surface area (TPSA) is 73.3 Å². The van der Waals surface area contributed by atoms with Gasteiger partial charge < -0.3 is 14.7 Å². The van der Waals surface area contributed by atoms with Gasteiger partial charge in [-0.25, -0.2) is 4.79 Å². The molecule has 1 aromatic carbocycles. The quantitative estimate of drug-likeness (QED) is 0.398. The van der Waals surface area contributed by atoms with Gasteiger partial charge in [0.2, 0.25) is 0 Å². The molecule has 0 saturated carbocycles. The third kappa shape index (κ3) is 7.36. The second-order valence-corrected chi connectivity index (χ2v) is 10.6. The monoisotopic (exact) mass is 567 g/mol. The number of ether oxygens (including phenoxy) is 1. The molecule has 39 heavy (non-hydrogen) atoms. The molecule has 0 aromatic heterocycles. The molecule has 2 saturated heterocycles. The lowest BCUT2D eigenvalue weighted by atomic mass is 9.84. The number of amides is 1. The van der Waals surface area contributed by atoms with Crippen LogP contribution in [0.4, 0.5) is 31.1 Å². The molecule has 1 aromatic rings. The molecule has 0 aliphatic carbocycles. The number of hydrogen-bond donors (Lipinski definition) is 1. The van der Waals surface area contributed by atoms with Gasteiger partial charge in [0.15, 0.2) is 0 Å². The van der Waals surface area contributed by atoms with Gasteiger partial charge in [0.25, 0.3) is 12.6 Å². The average Bonchev–Trinajstić information content (AvgIpc) is 3.23. The first kappa shape index (κ1) is 31.0. The number of rotatable bonds is 4. The molecule has 0 atom stereocenters. The Labute approximate surface area is 223 Å². The highest BCUT2D eigenvalue weighted by molar-refractivity contribution is 5.68. The Hall–Kier alpha value is -2.54. The number of alkyl halides is 6. The Bertz CT molecular complexity index is 979. The summed E-state index contributed by atoms with van der Waals surface area (Å²) in [4.78, 5) is 26.4. The number of piperidine rings is 1. The summed E-state index contributed by atoms with van der Waals surface area (Å²) < 4.78 is 80.7. The molecule has 4 rings (SSSR count). The van der Waals surface area contributed by atoms with Crippen LogP contribution in [0.15, 0.2) is 18.2 Å². The van der Waals surface area contributed by atoms with Crippen molar-refractivity contribution in [2.24, 2.45) is 0 Å². The summed E-state index contributed by atoms with van der Waals surface area (Å²) in [5.41, 5.74) is 3.75. The van der Waals surface area contributed by atoms with E-state index >= 15 is 0 Å². The van der Waals surface area contributed by atoms with Crippen LogP contribution in [0.5, 0.6) is 0 Å². The van der Waals surface area contributed by atoms with E-state index in [1.807, 2.05) is 0 Å². The molecule has 13 heteroatoms. The Balaban J connectivity index is 0.00000134. The van der Waals surface area contributed by atoms with Crippen LogP contribution in [0, 0.1) is 0 Å². The van der Waals surface area contributed by atoms with Crippen molar-refractivity contribution in [3.05, 3.63) is 34.9 Å². The minimum atomic E-state index is -5.72. The fraction of sp³-hybridized carbons (Fsp3) is 0.692. The van der Waals surface area contributed by atoms with Gasteiger partial charge in [0.05, 0.1) is 0 Å². The zero-order valence-corrected chi connectivity index (χ0v) is 22.0. The molecule has 7 nitrogen and oxygen atoms in total. The Kier molecular flexibility index (Phi) is 9.79. The maximum Gasteiger partial charge on any atom is 0.434 e. The molecule has 0 bridgehead atoms. The summed E-state index contributed by atoms with van der Waals surface area (Å²) in [5, 5.41) is 6.89. The van der Waals surface area contributed by atoms with E-state index < -0.39 is 24.5 Å². The molecule has 2 fully saturated rings. The minimum absolute atomic E-state index is 0.0613. The van der Waals surface area contributed by atoms with Crippen molar-refractivity contribution in [2.45, 2.75) is 89.1 Å². The smallest absolute Gasteiger partial charge is 0.434 e. The van der Waals surface area contributed by atoms with Crippen LogP contribution < -0.4 is 0 Å². The number of halogens is 6. The number of fused-ring (bicyclic) bond motifs is 1. The molecule has 0 radical (unpaired) electrons. The predicted octanol–water partition coefficient (Wildman–Crippen LogP) is 5.21. The number of hydrogen-bond acceptors (Lipinski definition) is 5. The lowest BCUT2D eigenvalue weighted by molar-refractivity contribution is -0.308. The fourth-order valence-electron chi connectivity index (χ4n) is 5.87. The summed E-state index contributed by atoms with van der Waals surface area (Å²) in [5.74, 6) is 0. The number of carbonyl (C=O) groups is 2. The zero-order chi connectivity index (χ0) is 29.0. The summed E-state index contributed by atoms with van der Waals surface area (Å²) in [7, 11) is 0. The Morgan fingerprint density at radius 3 is 2.23 bits per heavy atom. The average molecular weight is 568 g/mol. The van der Waals surface area contributed by atoms with Gasteiger partial charge >= 0.3 is 18.4 Å². The van der Waals surface area contributed by atoms with Gasteiger partial charge in [-0.05, 0) is 69.2 Å². The number of benzene rings is 1. The van der Waals surface area contributed by atoms with Crippen LogP contribution in [0.25, 0.3) is 0 Å². The molecule has 0 unspecified atom stereocenters. The lowest BCUT2D eigenvalue weighted by Gasteiger charge is -2.45. The molecule has 3 heterocycles. The zero-order valence-electron chi connectivity index (χ0n) is 22.0. The second kappa shape index (κ2) is 12.3. The van der Waals surface area contributed by atoms with Gasteiger partial charge in [0.1, 0.15) is 0 Å². The van der Waals surface area contributed by atoms with Crippen LogP contribution in [-0.2, 0) is 29.0 Å². The summed E-state index contributed by atoms with van der Waals surface area (Å²) >= 11 is 0. The molecule has 1 N–H and O–H groups in total. The summed E-state index contributed by atoms with van der Waals surface area (Å²) in [6.45, 7) is 7.77. The number of carbonyl (C=O) groups excluding carboxylic acids is 1. The van der Waals surface area contributed by atoms with Gasteiger partial charge in [-0.2, -0.15) is 26.3 Å². The first-order valence-corrected chi connectivity index (χ1v) is 13.0. The minimum Gasteiger partial charge on any atom is -0.483 e. The van der Waals surface area contributed by atoms with E-state index in [-0.39, 0.29) is 25.1 Å². The van der Waals surface area contributed by atoms with Gasteiger partial charge in [-0.15, -0.1) is 0 Å². The molecule has 1 spiro atoms. The largest absolute Gasteiger partial charge is 0.483 e. The maximum atomic E-state index is 12.8. The molecule has 220 valence electrons. The van der Waals surface area contributed by atoms with Gasteiger partial charge in [-0.1, -0.05) is 18.2 Å². The standard InChI is InChI=1S/C25H33F6N3O2.CH2O2/c1-17(2)33-12-7-18-5-3-6-19(20(18)16-33)15-34-11-4-8-23(34)9-13-32(14-10-23)22(35)36-21(24(26,27)28)25(29,30)31;2-1-3/h3,5-6,17,21H,4,7-16H2,1-2H3;1H,(H,2,3). The summed E-state index contributed by atoms with van der Waals surface area (Å²) in [6, 6.07) is 6.85. The van der Waals surface area contributed by atoms with E-state index in [1.165, 1.54) is 16.7 Å². The fourth-order valence-corrected chi connectivity index (χ4v) is 5.87. The first-order chi connectivity index (χ1) is 18.2. The first-order valence-electron chi connectivity index (χ1n) is 13.0. The van der Waals surface area contributed by atoms with Crippen molar-refractivity contribution < 1.29 is 45.8 Å². The number of carboxylic acid groups (broad SMARTS) is 1. The third-order valence-electron chi connectivity index (χ3n) is 8.00. The SMILES string of the molecule is CC(C)N1CCc2cccc(CN3CCCC34CCN(C(=O)OC(C(F)(F)F)C(F)(F)F)CC4)c2C1.O=CO. The Morgan fingerprint density at radius 2 is 1.67 bits per heavy atom. The van der Waals surface area contributed by atoms with E-state index in [2.05, 4.69) is 46.6 Å². The highest BCUT2D eigenvalue weighted by Gasteiger charge is 2.60. The third-order valence-corrected chi connectivity index (χ3v) is 8.00. The molecule has 3 aliphatic rings. The van der Waals surface area contributed by atoms with E-state index in [1.54, 1.807) is 0 Å². The van der Waals surface area contributed by atoms with Crippen LogP contribution >= 0.6 is 0 Å². The molecular weight excluding hydrogens is 532 g/mol. The van der Waals surface area contributed by atoms with Crippen LogP contribution in [-0.4, -0.2) is 88.6 Å². The molecule has 1 amide bonds. The van der Waals surface area contributed by atoms with Crippen molar-refractivity contribution in [2.75, 3.05) is 26.2 Å². The predicted molar refractivity (Wildman–Crippen MR) is 130 cm³/mol. The lowest BCUT2D eigenvalue weighted by Crippen LogP contribution is -2.54. The number of nitrogens with zero attached hydrogens (tertiary/aromatic N) is 3. The normalized spacial score (nSPS) is 20.1. The van der Waals surface area contributed by atoms with Crippen molar-refractivity contribution in [1.29, 1.82) is 0 Å². The van der Waals surface area contributed by atoms with E-state index in [4.69, 9.17) is 9.90 Å². The summed E-state index contributed by atoms with van der Waals surface area (Å²) in [6.07, 6.45) is -13.3. The van der Waals surface area contributed by atoms with Gasteiger partial charge in [0, 0.05) is 44.3 Å².